The number of rotatable bonds is 4. The van der Waals surface area contributed by atoms with E-state index < -0.39 is 35.8 Å². The first kappa shape index (κ1) is 30.2. The molecule has 2 aromatic rings. The van der Waals surface area contributed by atoms with Crippen molar-refractivity contribution in [3.05, 3.63) is 44.9 Å². The number of carbonyl (C=O) groups excluding carboxylic acids is 2. The lowest BCUT2D eigenvalue weighted by atomic mass is 10.2. The van der Waals surface area contributed by atoms with Crippen LogP contribution in [0.4, 0.5) is 11.4 Å². The second-order valence-electron chi connectivity index (χ2n) is 9.77. The van der Waals surface area contributed by atoms with E-state index in [-0.39, 0.29) is 33.9 Å². The molecule has 212 valence electrons. The first-order chi connectivity index (χ1) is 18.2. The highest BCUT2D eigenvalue weighted by Gasteiger charge is 2.52. The van der Waals surface area contributed by atoms with Crippen LogP contribution < -0.4 is 10.2 Å². The molecule has 3 aliphatic rings. The SMILES string of the molecule is CC1(C)O[C@@H]2CN(c3cnc(Cl)c(Cl)c3)C(=O)[C@@H]2O1.CC1(C)O[C@H](CO)[C@H](C(=O)Nc2cnc(Cl)c(Cl)c2)O1. The van der Waals surface area contributed by atoms with Crippen LogP contribution in [0.25, 0.3) is 0 Å². The molecule has 2 amide bonds. The van der Waals surface area contributed by atoms with Crippen molar-refractivity contribution in [3.8, 4) is 0 Å². The molecule has 11 nitrogen and oxygen atoms in total. The van der Waals surface area contributed by atoms with Crippen molar-refractivity contribution in [2.75, 3.05) is 23.4 Å². The molecule has 4 atom stereocenters. The summed E-state index contributed by atoms with van der Waals surface area (Å²) in [5.74, 6) is -2.23. The minimum Gasteiger partial charge on any atom is -0.394 e. The van der Waals surface area contributed by atoms with Crippen molar-refractivity contribution in [1.82, 2.24) is 9.97 Å². The molecular formula is C24H26Cl4N4O7. The summed E-state index contributed by atoms with van der Waals surface area (Å²) in [6.45, 7) is 7.04. The second kappa shape index (κ2) is 11.6. The van der Waals surface area contributed by atoms with Gasteiger partial charge in [-0.15, -0.1) is 0 Å². The van der Waals surface area contributed by atoms with E-state index in [9.17, 15) is 14.7 Å². The van der Waals surface area contributed by atoms with E-state index in [0.29, 0.717) is 22.9 Å². The molecule has 2 N–H and O–H groups in total. The Morgan fingerprint density at radius 3 is 2.21 bits per heavy atom. The average Bonchev–Trinajstić information content (AvgIpc) is 3.45. The Kier molecular flexibility index (Phi) is 8.97. The number of hydrogen-bond acceptors (Lipinski definition) is 9. The van der Waals surface area contributed by atoms with Crippen molar-refractivity contribution in [2.45, 2.75) is 63.7 Å². The van der Waals surface area contributed by atoms with Gasteiger partial charge in [-0.2, -0.15) is 0 Å². The standard InChI is InChI=1S/C12H14Cl2N2O4.C12H12Cl2N2O3/c1-12(2)19-8(5-17)9(20-12)11(18)16-6-3-7(13)10(14)15-4-6;1-12(2)18-8-5-16(11(17)9(8)19-12)6-3-7(13)10(14)15-4-6/h3-4,8-9,17H,5H2,1-2H3,(H,16,18);3-4,8-9H,5H2,1-2H3/t2*8-,9-/m11/s1. The number of hydrogen-bond donors (Lipinski definition) is 2. The summed E-state index contributed by atoms with van der Waals surface area (Å²) in [5, 5.41) is 12.7. The summed E-state index contributed by atoms with van der Waals surface area (Å²) in [5.41, 5.74) is 0.980. The summed E-state index contributed by atoms with van der Waals surface area (Å²) < 4.78 is 22.2. The van der Waals surface area contributed by atoms with E-state index in [1.165, 1.54) is 18.5 Å². The molecule has 0 aromatic carbocycles. The number of carbonyl (C=O) groups is 2. The third kappa shape index (κ3) is 6.92. The largest absolute Gasteiger partial charge is 0.394 e. The molecule has 0 bridgehead atoms. The summed E-state index contributed by atoms with van der Waals surface area (Å²) in [6.07, 6.45) is 0.422. The summed E-state index contributed by atoms with van der Waals surface area (Å²) in [7, 11) is 0. The Hall–Kier alpha value is -1.80. The molecule has 5 rings (SSSR count). The first-order valence-electron chi connectivity index (χ1n) is 11.8. The zero-order valence-electron chi connectivity index (χ0n) is 21.3. The molecule has 0 unspecified atom stereocenters. The zero-order valence-corrected chi connectivity index (χ0v) is 24.3. The number of aromatic nitrogens is 2. The fraction of sp³-hybridized carbons (Fsp3) is 0.500. The number of aliphatic hydroxyl groups is 1. The highest BCUT2D eigenvalue weighted by atomic mass is 35.5. The number of pyridine rings is 2. The van der Waals surface area contributed by atoms with Gasteiger partial charge in [0.05, 0.1) is 47.0 Å². The van der Waals surface area contributed by atoms with Crippen LogP contribution in [-0.4, -0.2) is 76.0 Å². The van der Waals surface area contributed by atoms with Crippen molar-refractivity contribution in [3.63, 3.8) is 0 Å². The van der Waals surface area contributed by atoms with Crippen molar-refractivity contribution in [1.29, 1.82) is 0 Å². The molecular weight excluding hydrogens is 598 g/mol. The molecule has 0 saturated carbocycles. The van der Waals surface area contributed by atoms with E-state index in [4.69, 9.17) is 65.4 Å². The van der Waals surface area contributed by atoms with Crippen LogP contribution in [0.3, 0.4) is 0 Å². The molecule has 5 heterocycles. The highest BCUT2D eigenvalue weighted by Crippen LogP contribution is 2.36. The third-order valence-corrected chi connectivity index (χ3v) is 7.21. The van der Waals surface area contributed by atoms with Gasteiger partial charge in [0.25, 0.3) is 11.8 Å². The van der Waals surface area contributed by atoms with Gasteiger partial charge in [0.15, 0.2) is 23.8 Å². The number of aliphatic hydroxyl groups excluding tert-OH is 1. The molecule has 39 heavy (non-hydrogen) atoms. The zero-order chi connectivity index (χ0) is 28.7. The summed E-state index contributed by atoms with van der Waals surface area (Å²) in [4.78, 5) is 33.7. The van der Waals surface area contributed by atoms with Gasteiger partial charge in [-0.1, -0.05) is 46.4 Å². The van der Waals surface area contributed by atoms with Crippen LogP contribution in [0.5, 0.6) is 0 Å². The minimum absolute atomic E-state index is 0.143. The van der Waals surface area contributed by atoms with Gasteiger partial charge in [0, 0.05) is 0 Å². The maximum Gasteiger partial charge on any atom is 0.259 e. The number of halogens is 4. The number of fused-ring (bicyclic) bond motifs is 1. The molecule has 3 fully saturated rings. The van der Waals surface area contributed by atoms with Gasteiger partial charge in [-0.25, -0.2) is 9.97 Å². The lowest BCUT2D eigenvalue weighted by Gasteiger charge is -2.22. The van der Waals surface area contributed by atoms with Gasteiger partial charge < -0.3 is 34.3 Å². The van der Waals surface area contributed by atoms with Gasteiger partial charge in [-0.05, 0) is 39.8 Å². The monoisotopic (exact) mass is 622 g/mol. The molecule has 3 aliphatic heterocycles. The molecule has 0 spiro atoms. The second-order valence-corrected chi connectivity index (χ2v) is 11.3. The number of amides is 2. The van der Waals surface area contributed by atoms with Crippen LogP contribution in [0.15, 0.2) is 24.5 Å². The predicted octanol–water partition coefficient (Wildman–Crippen LogP) is 4.09. The first-order valence-corrected chi connectivity index (χ1v) is 13.3. The smallest absolute Gasteiger partial charge is 0.259 e. The van der Waals surface area contributed by atoms with Crippen molar-refractivity contribution in [2.24, 2.45) is 0 Å². The summed E-state index contributed by atoms with van der Waals surface area (Å²) >= 11 is 23.2. The van der Waals surface area contributed by atoms with Crippen LogP contribution in [0.1, 0.15) is 27.7 Å². The molecule has 15 heteroatoms. The minimum atomic E-state index is -0.925. The van der Waals surface area contributed by atoms with E-state index in [2.05, 4.69) is 15.3 Å². The lowest BCUT2D eigenvalue weighted by Crippen LogP contribution is -2.38. The Balaban J connectivity index is 0.000000181. The van der Waals surface area contributed by atoms with Crippen LogP contribution in [0.2, 0.25) is 20.4 Å². The maximum absolute atomic E-state index is 12.3. The maximum atomic E-state index is 12.3. The fourth-order valence-electron chi connectivity index (χ4n) is 4.29. The van der Waals surface area contributed by atoms with E-state index in [1.807, 2.05) is 0 Å². The number of nitrogens with one attached hydrogen (secondary N) is 1. The third-order valence-electron chi connectivity index (χ3n) is 5.83. The fourth-order valence-corrected chi connectivity index (χ4v) is 4.82. The number of ether oxygens (including phenoxy) is 4. The average molecular weight is 624 g/mol. The quantitative estimate of drug-likeness (QED) is 0.483. The summed E-state index contributed by atoms with van der Waals surface area (Å²) in [6, 6.07) is 3.09. The van der Waals surface area contributed by atoms with Gasteiger partial charge >= 0.3 is 0 Å². The van der Waals surface area contributed by atoms with Crippen LogP contribution >= 0.6 is 46.4 Å². The van der Waals surface area contributed by atoms with Crippen LogP contribution in [-0.2, 0) is 28.5 Å². The van der Waals surface area contributed by atoms with Gasteiger partial charge in [0.2, 0.25) is 0 Å². The topological polar surface area (TPSA) is 132 Å². The molecule has 3 saturated heterocycles. The molecule has 0 aliphatic carbocycles. The van der Waals surface area contributed by atoms with Crippen molar-refractivity contribution < 1.29 is 33.6 Å². The van der Waals surface area contributed by atoms with Gasteiger partial charge in [0.1, 0.15) is 22.5 Å². The molecule has 2 aromatic heterocycles. The van der Waals surface area contributed by atoms with E-state index >= 15 is 0 Å². The lowest BCUT2D eigenvalue weighted by molar-refractivity contribution is -0.157. The Morgan fingerprint density at radius 2 is 1.62 bits per heavy atom. The predicted molar refractivity (Wildman–Crippen MR) is 144 cm³/mol. The highest BCUT2D eigenvalue weighted by molar-refractivity contribution is 6.41. The number of anilines is 2. The van der Waals surface area contributed by atoms with E-state index in [1.54, 1.807) is 38.7 Å². The Morgan fingerprint density at radius 1 is 1.00 bits per heavy atom. The van der Waals surface area contributed by atoms with Crippen molar-refractivity contribution >= 4 is 69.6 Å². The van der Waals surface area contributed by atoms with Gasteiger partial charge in [-0.3, -0.25) is 9.59 Å². The van der Waals surface area contributed by atoms with E-state index in [0.717, 1.165) is 0 Å². The Labute approximate surface area is 244 Å². The Bertz CT molecular complexity index is 1260. The normalized spacial score (nSPS) is 26.7. The molecule has 0 radical (unpaired) electrons. The number of nitrogens with zero attached hydrogens (tertiary/aromatic N) is 3. The van der Waals surface area contributed by atoms with Crippen LogP contribution in [0, 0.1) is 0 Å².